The quantitative estimate of drug-likeness (QED) is 0.676. The first-order valence-electron chi connectivity index (χ1n) is 6.41. The van der Waals surface area contributed by atoms with E-state index in [1.165, 1.54) is 12.1 Å². The van der Waals surface area contributed by atoms with Gasteiger partial charge in [-0.15, -0.1) is 0 Å². The van der Waals surface area contributed by atoms with E-state index >= 15 is 0 Å². The maximum absolute atomic E-state index is 13.5. The van der Waals surface area contributed by atoms with Crippen LogP contribution in [-0.4, -0.2) is 12.5 Å². The van der Waals surface area contributed by atoms with E-state index in [-0.39, 0.29) is 16.5 Å². The molecule has 0 aromatic heterocycles. The number of alkyl halides is 3. The SMILES string of the molecule is O=C(COc1ccc(Br)cc1F)Nc1cc(C(F)(F)F)ccc1Cl. The lowest BCUT2D eigenvalue weighted by atomic mass is 10.2. The van der Waals surface area contributed by atoms with Crippen LogP contribution in [0.3, 0.4) is 0 Å². The number of carbonyl (C=O) groups is 1. The number of anilines is 1. The molecule has 1 N–H and O–H groups in total. The largest absolute Gasteiger partial charge is 0.481 e. The molecule has 24 heavy (non-hydrogen) atoms. The summed E-state index contributed by atoms with van der Waals surface area (Å²) < 4.78 is 57.0. The summed E-state index contributed by atoms with van der Waals surface area (Å²) in [4.78, 5) is 11.8. The highest BCUT2D eigenvalue weighted by atomic mass is 79.9. The van der Waals surface area contributed by atoms with Crippen LogP contribution >= 0.6 is 27.5 Å². The van der Waals surface area contributed by atoms with Crippen molar-refractivity contribution in [2.45, 2.75) is 6.18 Å². The zero-order valence-electron chi connectivity index (χ0n) is 11.8. The van der Waals surface area contributed by atoms with Gasteiger partial charge in [0.2, 0.25) is 0 Å². The van der Waals surface area contributed by atoms with Gasteiger partial charge in [-0.3, -0.25) is 4.79 Å². The van der Waals surface area contributed by atoms with Gasteiger partial charge in [-0.25, -0.2) is 4.39 Å². The standard InChI is InChI=1S/C15H9BrClF4NO2/c16-9-2-4-13(11(18)6-9)24-7-14(23)22-12-5-8(15(19,20)21)1-3-10(12)17/h1-6H,7H2,(H,22,23). The molecule has 0 saturated heterocycles. The monoisotopic (exact) mass is 425 g/mol. The average Bonchev–Trinajstić information content (AvgIpc) is 2.47. The van der Waals surface area contributed by atoms with Gasteiger partial charge in [-0.05, 0) is 36.4 Å². The Bertz CT molecular complexity index is 768. The molecule has 0 unspecified atom stereocenters. The molecule has 2 rings (SSSR count). The van der Waals surface area contributed by atoms with E-state index in [9.17, 15) is 22.4 Å². The van der Waals surface area contributed by atoms with E-state index in [2.05, 4.69) is 21.2 Å². The summed E-state index contributed by atoms with van der Waals surface area (Å²) in [6.45, 7) is -0.592. The molecule has 0 fully saturated rings. The first-order valence-corrected chi connectivity index (χ1v) is 7.58. The second-order valence-electron chi connectivity index (χ2n) is 4.60. The summed E-state index contributed by atoms with van der Waals surface area (Å²) in [6.07, 6.45) is -4.57. The van der Waals surface area contributed by atoms with Crippen molar-refractivity contribution in [3.05, 3.63) is 57.3 Å². The smallest absolute Gasteiger partial charge is 0.416 e. The number of carbonyl (C=O) groups excluding carboxylic acids is 1. The molecular weight excluding hydrogens is 418 g/mol. The summed E-state index contributed by atoms with van der Waals surface area (Å²) in [5.41, 5.74) is -1.17. The van der Waals surface area contributed by atoms with Crippen LogP contribution in [0.4, 0.5) is 23.2 Å². The molecule has 1 amide bonds. The topological polar surface area (TPSA) is 38.3 Å². The number of nitrogens with one attached hydrogen (secondary N) is 1. The molecule has 0 spiro atoms. The van der Waals surface area contributed by atoms with Crippen molar-refractivity contribution < 1.29 is 27.1 Å². The first kappa shape index (κ1) is 18.5. The van der Waals surface area contributed by atoms with Crippen LogP contribution in [-0.2, 0) is 11.0 Å². The van der Waals surface area contributed by atoms with Gasteiger partial charge in [0.05, 0.1) is 16.3 Å². The van der Waals surface area contributed by atoms with Crippen molar-refractivity contribution in [2.24, 2.45) is 0 Å². The van der Waals surface area contributed by atoms with E-state index in [4.69, 9.17) is 16.3 Å². The van der Waals surface area contributed by atoms with E-state index in [0.717, 1.165) is 18.2 Å². The Labute approximate surface area is 147 Å². The molecule has 0 radical (unpaired) electrons. The summed E-state index contributed by atoms with van der Waals surface area (Å²) in [5.74, 6) is -1.63. The first-order chi connectivity index (χ1) is 11.2. The van der Waals surface area contributed by atoms with E-state index in [1.54, 1.807) is 0 Å². The summed E-state index contributed by atoms with van der Waals surface area (Å²) in [6, 6.07) is 6.50. The highest BCUT2D eigenvalue weighted by Gasteiger charge is 2.31. The van der Waals surface area contributed by atoms with Crippen LogP contribution in [0, 0.1) is 5.82 Å². The Balaban J connectivity index is 2.04. The molecule has 9 heteroatoms. The number of benzene rings is 2. The molecular formula is C15H9BrClF4NO2. The zero-order chi connectivity index (χ0) is 17.9. The lowest BCUT2D eigenvalue weighted by Gasteiger charge is -2.12. The number of halogens is 6. The summed E-state index contributed by atoms with van der Waals surface area (Å²) >= 11 is 8.83. The fourth-order valence-electron chi connectivity index (χ4n) is 1.72. The van der Waals surface area contributed by atoms with Crippen molar-refractivity contribution in [3.8, 4) is 5.75 Å². The van der Waals surface area contributed by atoms with Crippen molar-refractivity contribution in [3.63, 3.8) is 0 Å². The predicted molar refractivity (Wildman–Crippen MR) is 84.7 cm³/mol. The fourth-order valence-corrected chi connectivity index (χ4v) is 2.22. The minimum atomic E-state index is -4.57. The Morgan fingerprint density at radius 3 is 2.54 bits per heavy atom. The summed E-state index contributed by atoms with van der Waals surface area (Å²) in [7, 11) is 0. The molecule has 0 bridgehead atoms. The lowest BCUT2D eigenvalue weighted by Crippen LogP contribution is -2.21. The molecule has 128 valence electrons. The Hall–Kier alpha value is -1.80. The zero-order valence-corrected chi connectivity index (χ0v) is 14.1. The number of hydrogen-bond donors (Lipinski definition) is 1. The van der Waals surface area contributed by atoms with E-state index in [0.29, 0.717) is 10.5 Å². The molecule has 3 nitrogen and oxygen atoms in total. The number of rotatable bonds is 4. The minimum Gasteiger partial charge on any atom is -0.481 e. The molecule has 0 aliphatic carbocycles. The van der Waals surface area contributed by atoms with Gasteiger partial charge in [0.1, 0.15) is 0 Å². The minimum absolute atomic E-state index is 0.0637. The molecule has 0 aliphatic heterocycles. The Morgan fingerprint density at radius 2 is 1.92 bits per heavy atom. The van der Waals surface area contributed by atoms with Crippen LogP contribution < -0.4 is 10.1 Å². The average molecular weight is 427 g/mol. The van der Waals surface area contributed by atoms with Crippen LogP contribution in [0.25, 0.3) is 0 Å². The van der Waals surface area contributed by atoms with Gasteiger partial charge in [-0.1, -0.05) is 27.5 Å². The highest BCUT2D eigenvalue weighted by Crippen LogP contribution is 2.33. The van der Waals surface area contributed by atoms with Gasteiger partial charge in [0, 0.05) is 4.47 Å². The van der Waals surface area contributed by atoms with Crippen LogP contribution in [0.5, 0.6) is 5.75 Å². The molecule has 0 aliphatic rings. The maximum Gasteiger partial charge on any atom is 0.416 e. The Kier molecular flexibility index (Phi) is 5.71. The van der Waals surface area contributed by atoms with Gasteiger partial charge in [0.15, 0.2) is 18.2 Å². The van der Waals surface area contributed by atoms with Crippen molar-refractivity contribution in [2.75, 3.05) is 11.9 Å². The normalized spacial score (nSPS) is 11.2. The molecule has 0 atom stereocenters. The van der Waals surface area contributed by atoms with E-state index < -0.39 is 30.1 Å². The fraction of sp³-hybridized carbons (Fsp3) is 0.133. The third-order valence-electron chi connectivity index (χ3n) is 2.82. The van der Waals surface area contributed by atoms with E-state index in [1.807, 2.05) is 0 Å². The third-order valence-corrected chi connectivity index (χ3v) is 3.64. The van der Waals surface area contributed by atoms with Crippen LogP contribution in [0.15, 0.2) is 40.9 Å². The van der Waals surface area contributed by atoms with Crippen molar-refractivity contribution in [1.82, 2.24) is 0 Å². The second-order valence-corrected chi connectivity index (χ2v) is 5.93. The molecule has 2 aromatic rings. The molecule has 2 aromatic carbocycles. The van der Waals surface area contributed by atoms with Crippen LogP contribution in [0.1, 0.15) is 5.56 Å². The van der Waals surface area contributed by atoms with Crippen LogP contribution in [0.2, 0.25) is 5.02 Å². The highest BCUT2D eigenvalue weighted by molar-refractivity contribution is 9.10. The third kappa shape index (κ3) is 4.85. The predicted octanol–water partition coefficient (Wildman–Crippen LogP) is 5.28. The van der Waals surface area contributed by atoms with Crippen molar-refractivity contribution >= 4 is 39.1 Å². The number of amides is 1. The number of ether oxygens (including phenoxy) is 1. The van der Waals surface area contributed by atoms with Crippen molar-refractivity contribution in [1.29, 1.82) is 0 Å². The molecule has 0 heterocycles. The van der Waals surface area contributed by atoms with Gasteiger partial charge < -0.3 is 10.1 Å². The number of hydrogen-bond acceptors (Lipinski definition) is 2. The lowest BCUT2D eigenvalue weighted by molar-refractivity contribution is -0.137. The van der Waals surface area contributed by atoms with Gasteiger partial charge >= 0.3 is 6.18 Å². The second kappa shape index (κ2) is 7.40. The molecule has 0 saturated carbocycles. The Morgan fingerprint density at radius 1 is 1.21 bits per heavy atom. The van der Waals surface area contributed by atoms with Gasteiger partial charge in [-0.2, -0.15) is 13.2 Å². The van der Waals surface area contributed by atoms with Gasteiger partial charge in [0.25, 0.3) is 5.91 Å². The summed E-state index contributed by atoms with van der Waals surface area (Å²) in [5, 5.41) is 2.13. The maximum atomic E-state index is 13.5.